The number of fused-ring (bicyclic) bond motifs is 6. The molecular weight excluding hydrogens is 1260 g/mol. The number of pyridine rings is 4. The van der Waals surface area contributed by atoms with E-state index in [9.17, 15) is 54.9 Å². The average molecular weight is 1340 g/mol. The molecule has 5 heterocycles. The molecule has 4 aromatic heterocycles. The lowest BCUT2D eigenvalue weighted by molar-refractivity contribution is -0.138. The van der Waals surface area contributed by atoms with Crippen molar-refractivity contribution in [3.63, 3.8) is 0 Å². The summed E-state index contributed by atoms with van der Waals surface area (Å²) in [5.41, 5.74) is 1.20. The van der Waals surface area contributed by atoms with E-state index in [0.29, 0.717) is 54.9 Å². The van der Waals surface area contributed by atoms with Crippen molar-refractivity contribution < 1.29 is 83.2 Å². The molecule has 6 atom stereocenters. The Hall–Kier alpha value is -6.60. The number of benzene rings is 2. The molecule has 0 amide bonds. The Bertz CT molecular complexity index is 3620. The van der Waals surface area contributed by atoms with Crippen molar-refractivity contribution in [2.75, 3.05) is 13.2 Å². The fraction of sp³-hybridized carbons (Fsp3) is 0.493. The zero-order chi connectivity index (χ0) is 65.6. The van der Waals surface area contributed by atoms with E-state index in [1.165, 1.54) is 23.8 Å². The first-order valence-corrected chi connectivity index (χ1v) is 30.4. The van der Waals surface area contributed by atoms with Crippen LogP contribution in [0.15, 0.2) is 89.9 Å². The number of carbonyl (C=O) groups is 2. The van der Waals surface area contributed by atoms with E-state index in [1.54, 1.807) is 65.9 Å². The molecule has 1 saturated heterocycles. The first kappa shape index (κ1) is 70.3. The predicted octanol–water partition coefficient (Wildman–Crippen LogP) is 14.3. The topological polar surface area (TPSA) is 182 Å². The van der Waals surface area contributed by atoms with Crippen molar-refractivity contribution in [1.29, 1.82) is 0 Å². The van der Waals surface area contributed by atoms with Gasteiger partial charge in [0.1, 0.15) is 36.4 Å². The summed E-state index contributed by atoms with van der Waals surface area (Å²) >= 11 is 2.80. The number of hydrogen-bond donors (Lipinski definition) is 2. The van der Waals surface area contributed by atoms with Crippen molar-refractivity contribution in [1.82, 2.24) is 19.9 Å². The van der Waals surface area contributed by atoms with E-state index in [-0.39, 0.29) is 108 Å². The van der Waals surface area contributed by atoms with Crippen LogP contribution in [-0.2, 0) is 57.3 Å². The molecule has 91 heavy (non-hydrogen) atoms. The molecule has 0 unspecified atom stereocenters. The van der Waals surface area contributed by atoms with Gasteiger partial charge in [-0.1, -0.05) is 25.6 Å². The Morgan fingerprint density at radius 2 is 1.02 bits per heavy atom. The summed E-state index contributed by atoms with van der Waals surface area (Å²) in [5.74, 6) is 1.46. The summed E-state index contributed by atoms with van der Waals surface area (Å²) < 4.78 is 143. The standard InChI is InChI=1S/C30H30F4N2O4.C24H27BFNO4.C12H15BrF3NO2.CH4/c1-16(37)27-20-10-18-11-25(36-14-22(18)28(20)27)40-15-19-9-17(5-6-24(19)31)21-13-35-26(12-23(21)30(32,33)34)39-8-4-7-29(2,3)38;1-13(28)21-17-9-14-10-20(27-11-18(14)22(17)21)29-12-15-8-16(6-7-19(15)26)25-30-23(2,3)24(4,5)31-25;1-11(2,18)4-3-5-19-10-6-8(12(14,15)16)9(13)7-17-10;/h5-6,9,11-14,20,27-28,38H,4,7-8,10,15H2,1-3H3;6-8,10-11,17,21-22H,9,12H2,1-5H3;6-7,18H,3-5H2,1-2H3;1H4/t20-,27-,28+;17-,21-,22+;;/m00../s1. The van der Waals surface area contributed by atoms with E-state index in [4.69, 9.17) is 28.3 Å². The first-order valence-electron chi connectivity index (χ1n) is 29.7. The molecule has 1 aliphatic heterocycles. The van der Waals surface area contributed by atoms with Crippen LogP contribution in [0.3, 0.4) is 0 Å². The van der Waals surface area contributed by atoms with E-state index in [2.05, 4.69) is 35.9 Å². The summed E-state index contributed by atoms with van der Waals surface area (Å²) in [5, 5.41) is 19.3. The van der Waals surface area contributed by atoms with Crippen LogP contribution in [0, 0.1) is 35.3 Å². The van der Waals surface area contributed by atoms with E-state index in [1.807, 2.05) is 40.0 Å². The average Bonchev–Trinajstić information content (AvgIpc) is 1.56. The van der Waals surface area contributed by atoms with Gasteiger partial charge in [0.05, 0.1) is 46.7 Å². The number of alkyl halides is 6. The molecule has 14 nitrogen and oxygen atoms in total. The third kappa shape index (κ3) is 17.0. The van der Waals surface area contributed by atoms with Crippen LogP contribution in [-0.4, -0.2) is 84.5 Å². The molecule has 6 aromatic rings. The molecule has 5 aliphatic rings. The first-order chi connectivity index (χ1) is 42.0. The third-order valence-electron chi connectivity index (χ3n) is 17.3. The van der Waals surface area contributed by atoms with Gasteiger partial charge in [-0.15, -0.1) is 0 Å². The summed E-state index contributed by atoms with van der Waals surface area (Å²) in [6, 6.07) is 13.9. The van der Waals surface area contributed by atoms with Crippen LogP contribution >= 0.6 is 15.9 Å². The lowest BCUT2D eigenvalue weighted by Gasteiger charge is -2.32. The highest BCUT2D eigenvalue weighted by Crippen LogP contribution is 2.63. The minimum absolute atomic E-state index is 0. The molecule has 0 spiro atoms. The van der Waals surface area contributed by atoms with Crippen LogP contribution in [0.5, 0.6) is 23.5 Å². The highest BCUT2D eigenvalue weighted by atomic mass is 79.9. The fourth-order valence-corrected chi connectivity index (χ4v) is 12.3. The van der Waals surface area contributed by atoms with Gasteiger partial charge in [0.2, 0.25) is 23.5 Å². The predicted molar refractivity (Wildman–Crippen MR) is 328 cm³/mol. The second kappa shape index (κ2) is 27.2. The highest BCUT2D eigenvalue weighted by molar-refractivity contribution is 9.10. The number of aromatic nitrogens is 4. The Morgan fingerprint density at radius 3 is 1.47 bits per heavy atom. The van der Waals surface area contributed by atoms with Gasteiger partial charge in [-0.25, -0.2) is 28.7 Å². The van der Waals surface area contributed by atoms with Crippen molar-refractivity contribution in [3.8, 4) is 34.6 Å². The number of nitrogens with zero attached hydrogens (tertiary/aromatic N) is 4. The van der Waals surface area contributed by atoms with Crippen LogP contribution in [0.2, 0.25) is 0 Å². The van der Waals surface area contributed by atoms with Gasteiger partial charge < -0.3 is 38.5 Å². The second-order valence-corrected chi connectivity index (χ2v) is 26.8. The second-order valence-electron chi connectivity index (χ2n) is 25.9. The van der Waals surface area contributed by atoms with Gasteiger partial charge in [0.25, 0.3) is 0 Å². The largest absolute Gasteiger partial charge is 0.494 e. The zero-order valence-electron chi connectivity index (χ0n) is 51.5. The molecule has 24 heteroatoms. The molecule has 3 fully saturated rings. The Kier molecular flexibility index (Phi) is 21.0. The van der Waals surface area contributed by atoms with Crippen molar-refractivity contribution in [3.05, 3.63) is 146 Å². The molecule has 0 radical (unpaired) electrons. The van der Waals surface area contributed by atoms with Crippen molar-refractivity contribution in [2.24, 2.45) is 23.7 Å². The van der Waals surface area contributed by atoms with Gasteiger partial charge in [-0.3, -0.25) is 9.59 Å². The van der Waals surface area contributed by atoms with Crippen LogP contribution in [0.25, 0.3) is 11.1 Å². The van der Waals surface area contributed by atoms with Crippen molar-refractivity contribution >= 4 is 40.1 Å². The summed E-state index contributed by atoms with van der Waals surface area (Å²) in [4.78, 5) is 39.9. The van der Waals surface area contributed by atoms with Crippen molar-refractivity contribution in [2.45, 2.75) is 175 Å². The third-order valence-corrected chi connectivity index (χ3v) is 17.9. The van der Waals surface area contributed by atoms with Crippen LogP contribution < -0.4 is 24.4 Å². The van der Waals surface area contributed by atoms with E-state index in [0.717, 1.165) is 65.6 Å². The Labute approximate surface area is 533 Å². The van der Waals surface area contributed by atoms with Gasteiger partial charge >= 0.3 is 19.5 Å². The van der Waals surface area contributed by atoms with E-state index < -0.39 is 58.8 Å². The Balaban J connectivity index is 0.000000186. The number of ketones is 2. The van der Waals surface area contributed by atoms with Gasteiger partial charge in [0.15, 0.2) is 0 Å². The minimum Gasteiger partial charge on any atom is -0.478 e. The summed E-state index contributed by atoms with van der Waals surface area (Å²) in [6.07, 6.45) is 0.0110. The van der Waals surface area contributed by atoms with Gasteiger partial charge in [-0.2, -0.15) is 26.3 Å². The molecule has 2 saturated carbocycles. The molecule has 2 N–H and O–H groups in total. The number of rotatable bonds is 20. The molecule has 11 rings (SSSR count). The number of Topliss-reactive ketones (excluding diaryl/α,β-unsaturated/α-hetero) is 2. The number of hydrogen-bond acceptors (Lipinski definition) is 14. The number of aliphatic hydroxyl groups is 2. The Morgan fingerprint density at radius 1 is 0.604 bits per heavy atom. The van der Waals surface area contributed by atoms with Gasteiger partial charge in [0, 0.05) is 82.1 Å². The molecule has 4 aliphatic carbocycles. The van der Waals surface area contributed by atoms with Gasteiger partial charge in [-0.05, 0) is 199 Å². The lowest BCUT2D eigenvalue weighted by Crippen LogP contribution is -2.41. The SMILES string of the molecule is C.CC(=O)[C@H]1[C@@H]2Cc3cc(OCc4cc(-c5cnc(OCCCC(C)(C)O)cc5C(F)(F)F)ccc4F)ncc3[C@@H]21.CC(=O)[C@H]1[C@@H]2Cc3cc(OCc4cc(B5OC(C)(C)C(C)(C)O5)ccc4F)ncc3[C@@H]21.CC(C)(O)CCCOc1cc(C(F)(F)F)c(Br)cn1. The number of halogens is 9. The molecular formula is C67H76BBrF8N4O10. The zero-order valence-corrected chi connectivity index (χ0v) is 53.1. The van der Waals surface area contributed by atoms with Crippen LogP contribution in [0.1, 0.15) is 159 Å². The molecule has 490 valence electrons. The maximum atomic E-state index is 14.6. The smallest absolute Gasteiger partial charge is 0.478 e. The normalized spacial score (nSPS) is 20.5. The maximum Gasteiger partial charge on any atom is 0.494 e. The molecule has 0 bridgehead atoms. The number of carbonyl (C=O) groups excluding carboxylic acids is 2. The molecule has 2 aromatic carbocycles. The van der Waals surface area contributed by atoms with Crippen LogP contribution in [0.4, 0.5) is 35.1 Å². The number of ether oxygens (including phenoxy) is 4. The van der Waals surface area contributed by atoms with E-state index >= 15 is 0 Å². The maximum absolute atomic E-state index is 14.6. The lowest BCUT2D eigenvalue weighted by atomic mass is 9.78. The minimum atomic E-state index is -4.70. The summed E-state index contributed by atoms with van der Waals surface area (Å²) in [6.45, 7) is 18.0. The fourth-order valence-electron chi connectivity index (χ4n) is 11.8. The monoisotopic (exact) mass is 1340 g/mol. The highest BCUT2D eigenvalue weighted by Gasteiger charge is 2.59. The summed E-state index contributed by atoms with van der Waals surface area (Å²) in [7, 11) is -0.552. The quantitative estimate of drug-likeness (QED) is 0.0418.